The average Bonchev–Trinajstić information content (AvgIpc) is 3.38. The number of carbonyl (C=O) groups excluding carboxylic acids is 3. The minimum Gasteiger partial charge on any atom is -0.346 e. The number of H-pyrrole nitrogens is 1. The highest BCUT2D eigenvalue weighted by atomic mass is 16.2. The summed E-state index contributed by atoms with van der Waals surface area (Å²) in [4.78, 5) is 46.2. The van der Waals surface area contributed by atoms with E-state index in [1.54, 1.807) is 30.5 Å². The van der Waals surface area contributed by atoms with Crippen LogP contribution in [0, 0.1) is 0 Å². The monoisotopic (exact) mass is 416 g/mol. The van der Waals surface area contributed by atoms with Gasteiger partial charge < -0.3 is 10.3 Å². The van der Waals surface area contributed by atoms with Crippen molar-refractivity contribution in [3.63, 3.8) is 0 Å². The van der Waals surface area contributed by atoms with E-state index >= 15 is 0 Å². The van der Waals surface area contributed by atoms with Crippen molar-refractivity contribution >= 4 is 17.7 Å². The smallest absolute Gasteiger partial charge is 0.261 e. The van der Waals surface area contributed by atoms with Crippen molar-refractivity contribution in [3.8, 4) is 11.3 Å². The fourth-order valence-electron chi connectivity index (χ4n) is 3.75. The van der Waals surface area contributed by atoms with Gasteiger partial charge in [0.25, 0.3) is 11.8 Å². The van der Waals surface area contributed by atoms with E-state index in [0.29, 0.717) is 29.8 Å². The van der Waals surface area contributed by atoms with Crippen LogP contribution in [0.3, 0.4) is 0 Å². The number of hydrogen-bond donors (Lipinski definition) is 2. The van der Waals surface area contributed by atoms with E-state index < -0.39 is 0 Å². The summed E-state index contributed by atoms with van der Waals surface area (Å²) >= 11 is 0. The van der Waals surface area contributed by atoms with Gasteiger partial charge in [0.2, 0.25) is 5.91 Å². The third kappa shape index (κ3) is 4.26. The largest absolute Gasteiger partial charge is 0.346 e. The van der Waals surface area contributed by atoms with Gasteiger partial charge in [0.15, 0.2) is 0 Å². The first kappa shape index (κ1) is 20.5. The van der Waals surface area contributed by atoms with Gasteiger partial charge in [-0.25, -0.2) is 4.98 Å². The normalized spacial score (nSPS) is 13.9. The number of aromatic nitrogens is 2. The summed E-state index contributed by atoms with van der Waals surface area (Å²) in [7, 11) is 0. The molecular formula is C24H24N4O3. The number of aromatic amines is 1. The quantitative estimate of drug-likeness (QED) is 0.547. The van der Waals surface area contributed by atoms with Gasteiger partial charge in [-0.15, -0.1) is 0 Å². The van der Waals surface area contributed by atoms with Crippen LogP contribution in [0.1, 0.15) is 58.8 Å². The topological polar surface area (TPSA) is 95.2 Å². The molecule has 1 atom stereocenters. The molecule has 0 saturated heterocycles. The molecular weight excluding hydrogens is 392 g/mol. The SMILES string of the molecule is CCC(NC(=O)CCCN1C(=O)c2ccccc2C1=O)c1ncc(-c2ccccc2)[nH]1. The second-order valence-corrected chi connectivity index (χ2v) is 7.49. The van der Waals surface area contributed by atoms with Gasteiger partial charge in [-0.05, 0) is 30.5 Å². The Balaban J connectivity index is 1.31. The van der Waals surface area contributed by atoms with E-state index in [-0.39, 0.29) is 36.7 Å². The number of imidazole rings is 1. The first-order valence-corrected chi connectivity index (χ1v) is 10.4. The number of imide groups is 1. The molecule has 0 aliphatic carbocycles. The first-order chi connectivity index (χ1) is 15.1. The molecule has 0 fully saturated rings. The molecule has 0 spiro atoms. The summed E-state index contributed by atoms with van der Waals surface area (Å²) in [5, 5.41) is 2.99. The number of rotatable bonds is 8. The van der Waals surface area contributed by atoms with Crippen molar-refractivity contribution in [3.05, 3.63) is 77.7 Å². The minimum atomic E-state index is -0.295. The van der Waals surface area contributed by atoms with Crippen molar-refractivity contribution in [1.82, 2.24) is 20.2 Å². The number of amides is 3. The first-order valence-electron chi connectivity index (χ1n) is 10.4. The third-order valence-corrected chi connectivity index (χ3v) is 5.42. The molecule has 1 aliphatic heterocycles. The average molecular weight is 416 g/mol. The maximum Gasteiger partial charge on any atom is 0.261 e. The second-order valence-electron chi connectivity index (χ2n) is 7.49. The molecule has 1 unspecified atom stereocenters. The Morgan fingerprint density at radius 3 is 2.32 bits per heavy atom. The maximum atomic E-state index is 12.5. The number of nitrogens with zero attached hydrogens (tertiary/aromatic N) is 2. The van der Waals surface area contributed by atoms with Crippen LogP contribution in [0.4, 0.5) is 0 Å². The van der Waals surface area contributed by atoms with Crippen LogP contribution in [0.2, 0.25) is 0 Å². The molecule has 7 heteroatoms. The van der Waals surface area contributed by atoms with Gasteiger partial charge in [-0.2, -0.15) is 0 Å². The predicted octanol–water partition coefficient (Wildman–Crippen LogP) is 3.72. The zero-order valence-corrected chi connectivity index (χ0v) is 17.3. The van der Waals surface area contributed by atoms with Gasteiger partial charge in [0, 0.05) is 13.0 Å². The Labute approximate surface area is 180 Å². The van der Waals surface area contributed by atoms with Crippen LogP contribution in [0.15, 0.2) is 60.8 Å². The predicted molar refractivity (Wildman–Crippen MR) is 116 cm³/mol. The van der Waals surface area contributed by atoms with Crippen LogP contribution < -0.4 is 5.32 Å². The molecule has 0 saturated carbocycles. The maximum absolute atomic E-state index is 12.5. The lowest BCUT2D eigenvalue weighted by Gasteiger charge is -2.16. The third-order valence-electron chi connectivity index (χ3n) is 5.42. The molecule has 2 aromatic carbocycles. The number of nitrogens with one attached hydrogen (secondary N) is 2. The van der Waals surface area contributed by atoms with E-state index in [2.05, 4.69) is 15.3 Å². The molecule has 7 nitrogen and oxygen atoms in total. The Morgan fingerprint density at radius 1 is 1.03 bits per heavy atom. The summed E-state index contributed by atoms with van der Waals surface area (Å²) < 4.78 is 0. The fraction of sp³-hybridized carbons (Fsp3) is 0.250. The molecule has 31 heavy (non-hydrogen) atoms. The lowest BCUT2D eigenvalue weighted by atomic mass is 10.1. The van der Waals surface area contributed by atoms with Gasteiger partial charge in [-0.1, -0.05) is 49.4 Å². The minimum absolute atomic E-state index is 0.138. The molecule has 1 aliphatic rings. The van der Waals surface area contributed by atoms with Crippen molar-refractivity contribution in [2.75, 3.05) is 6.54 Å². The van der Waals surface area contributed by atoms with Crippen LogP contribution >= 0.6 is 0 Å². The van der Waals surface area contributed by atoms with Gasteiger partial charge >= 0.3 is 0 Å². The highest BCUT2D eigenvalue weighted by Crippen LogP contribution is 2.23. The van der Waals surface area contributed by atoms with Crippen LogP contribution in [-0.2, 0) is 4.79 Å². The number of carbonyl (C=O) groups is 3. The Morgan fingerprint density at radius 2 is 1.68 bits per heavy atom. The Hall–Kier alpha value is -3.74. The molecule has 158 valence electrons. The van der Waals surface area contributed by atoms with Crippen molar-refractivity contribution in [1.29, 1.82) is 0 Å². The lowest BCUT2D eigenvalue weighted by molar-refractivity contribution is -0.122. The van der Waals surface area contributed by atoms with E-state index in [0.717, 1.165) is 11.3 Å². The molecule has 0 bridgehead atoms. The molecule has 4 rings (SSSR count). The van der Waals surface area contributed by atoms with E-state index in [1.807, 2.05) is 37.3 Å². The highest BCUT2D eigenvalue weighted by Gasteiger charge is 2.34. The van der Waals surface area contributed by atoms with Crippen LogP contribution in [0.25, 0.3) is 11.3 Å². The number of hydrogen-bond acceptors (Lipinski definition) is 4. The number of fused-ring (bicyclic) bond motifs is 1. The summed E-state index contributed by atoms with van der Waals surface area (Å²) in [6, 6.07) is 16.4. The van der Waals surface area contributed by atoms with E-state index in [9.17, 15) is 14.4 Å². The Bertz CT molecular complexity index is 1070. The molecule has 2 heterocycles. The van der Waals surface area contributed by atoms with E-state index in [4.69, 9.17) is 0 Å². The zero-order chi connectivity index (χ0) is 21.8. The summed E-state index contributed by atoms with van der Waals surface area (Å²) in [6.07, 6.45) is 3.07. The van der Waals surface area contributed by atoms with Gasteiger partial charge in [-0.3, -0.25) is 19.3 Å². The van der Waals surface area contributed by atoms with Gasteiger partial charge in [0.05, 0.1) is 29.1 Å². The Kier molecular flexibility index (Phi) is 5.93. The molecule has 2 N–H and O–H groups in total. The van der Waals surface area contributed by atoms with Crippen LogP contribution in [-0.4, -0.2) is 39.1 Å². The van der Waals surface area contributed by atoms with Gasteiger partial charge in [0.1, 0.15) is 5.82 Å². The molecule has 0 radical (unpaired) electrons. The van der Waals surface area contributed by atoms with Crippen LogP contribution in [0.5, 0.6) is 0 Å². The molecule has 3 aromatic rings. The fourth-order valence-corrected chi connectivity index (χ4v) is 3.75. The summed E-state index contributed by atoms with van der Waals surface area (Å²) in [5.74, 6) is -0.0240. The standard InChI is InChI=1S/C24H24N4O3/c1-2-19(22-25-15-20(27-22)16-9-4-3-5-10-16)26-21(29)13-8-14-28-23(30)17-11-6-7-12-18(17)24(28)31/h3-7,9-12,15,19H,2,8,13-14H2,1H3,(H,25,27)(H,26,29). The lowest BCUT2D eigenvalue weighted by Crippen LogP contribution is -2.33. The summed E-state index contributed by atoms with van der Waals surface area (Å²) in [6.45, 7) is 2.20. The highest BCUT2D eigenvalue weighted by molar-refractivity contribution is 6.21. The van der Waals surface area contributed by atoms with Crippen molar-refractivity contribution < 1.29 is 14.4 Å². The van der Waals surface area contributed by atoms with Crippen molar-refractivity contribution in [2.24, 2.45) is 0 Å². The molecule has 1 aromatic heterocycles. The van der Waals surface area contributed by atoms with E-state index in [1.165, 1.54) is 4.90 Å². The summed E-state index contributed by atoms with van der Waals surface area (Å²) in [5.41, 5.74) is 2.78. The molecule has 3 amide bonds. The second kappa shape index (κ2) is 8.95. The zero-order valence-electron chi connectivity index (χ0n) is 17.3. The van der Waals surface area contributed by atoms with Crippen molar-refractivity contribution in [2.45, 2.75) is 32.2 Å². The number of benzene rings is 2.